The van der Waals surface area contributed by atoms with Crippen molar-refractivity contribution in [3.8, 4) is 0 Å². The van der Waals surface area contributed by atoms with E-state index in [1.807, 2.05) is 0 Å². The summed E-state index contributed by atoms with van der Waals surface area (Å²) in [6.07, 6.45) is 8.45. The molecule has 2 N–H and O–H groups in total. The van der Waals surface area contributed by atoms with E-state index in [4.69, 9.17) is 5.73 Å². The van der Waals surface area contributed by atoms with Crippen LogP contribution in [0.15, 0.2) is 0 Å². The summed E-state index contributed by atoms with van der Waals surface area (Å²) in [5, 5.41) is 0. The molecule has 0 radical (unpaired) electrons. The fraction of sp³-hybridized carbons (Fsp3) is 1.00. The van der Waals surface area contributed by atoms with E-state index in [2.05, 4.69) is 18.9 Å². The predicted molar refractivity (Wildman–Crippen MR) is 64.7 cm³/mol. The van der Waals surface area contributed by atoms with Gasteiger partial charge in [0, 0.05) is 18.6 Å². The lowest BCUT2D eigenvalue weighted by molar-refractivity contribution is 0.110. The highest BCUT2D eigenvalue weighted by Crippen LogP contribution is 2.37. The third-order valence-electron chi connectivity index (χ3n) is 4.42. The van der Waals surface area contributed by atoms with Gasteiger partial charge in [-0.15, -0.1) is 0 Å². The standard InChI is InChI=1S/C13H26N2/c1-10-4-3-5-12(8-10)15(2)13(9-14)11-6-7-11/h10-13H,3-9,14H2,1-2H3. The molecule has 2 heteroatoms. The van der Waals surface area contributed by atoms with Gasteiger partial charge in [-0.2, -0.15) is 0 Å². The van der Waals surface area contributed by atoms with Crippen molar-refractivity contribution in [3.05, 3.63) is 0 Å². The first-order valence-corrected chi connectivity index (χ1v) is 6.64. The van der Waals surface area contributed by atoms with Crippen molar-refractivity contribution in [1.82, 2.24) is 4.90 Å². The van der Waals surface area contributed by atoms with E-state index in [0.717, 1.165) is 24.4 Å². The van der Waals surface area contributed by atoms with E-state index in [9.17, 15) is 0 Å². The summed E-state index contributed by atoms with van der Waals surface area (Å²) in [6, 6.07) is 1.48. The zero-order chi connectivity index (χ0) is 10.8. The summed E-state index contributed by atoms with van der Waals surface area (Å²) in [5.74, 6) is 1.83. The van der Waals surface area contributed by atoms with E-state index in [1.165, 1.54) is 38.5 Å². The Kier molecular flexibility index (Phi) is 3.68. The Morgan fingerprint density at radius 3 is 2.53 bits per heavy atom. The first-order chi connectivity index (χ1) is 7.22. The second-order valence-corrected chi connectivity index (χ2v) is 5.73. The van der Waals surface area contributed by atoms with Crippen LogP contribution in [0, 0.1) is 11.8 Å². The number of nitrogens with two attached hydrogens (primary N) is 1. The fourth-order valence-corrected chi connectivity index (χ4v) is 3.22. The van der Waals surface area contributed by atoms with Gasteiger partial charge in [0.05, 0.1) is 0 Å². The summed E-state index contributed by atoms with van der Waals surface area (Å²) < 4.78 is 0. The normalized spacial score (nSPS) is 34.4. The van der Waals surface area contributed by atoms with Crippen molar-refractivity contribution in [2.24, 2.45) is 17.6 Å². The average molecular weight is 210 g/mol. The third kappa shape index (κ3) is 2.73. The van der Waals surface area contributed by atoms with Gasteiger partial charge in [-0.1, -0.05) is 19.8 Å². The molecular weight excluding hydrogens is 184 g/mol. The molecule has 15 heavy (non-hydrogen) atoms. The van der Waals surface area contributed by atoms with Crippen LogP contribution in [0.4, 0.5) is 0 Å². The fourth-order valence-electron chi connectivity index (χ4n) is 3.22. The zero-order valence-corrected chi connectivity index (χ0v) is 10.3. The Morgan fingerprint density at radius 2 is 2.00 bits per heavy atom. The molecule has 0 aromatic heterocycles. The summed E-state index contributed by atoms with van der Waals surface area (Å²) in [6.45, 7) is 3.25. The number of rotatable bonds is 4. The Morgan fingerprint density at radius 1 is 1.27 bits per heavy atom. The van der Waals surface area contributed by atoms with Crippen LogP contribution in [0.25, 0.3) is 0 Å². The Balaban J connectivity index is 1.89. The van der Waals surface area contributed by atoms with Crippen LogP contribution in [-0.4, -0.2) is 30.6 Å². The molecule has 2 saturated carbocycles. The van der Waals surface area contributed by atoms with Crippen molar-refractivity contribution in [2.45, 2.75) is 57.5 Å². The molecule has 0 heterocycles. The minimum atomic E-state index is 0.667. The Bertz CT molecular complexity index is 201. The quantitative estimate of drug-likeness (QED) is 0.771. The van der Waals surface area contributed by atoms with Crippen LogP contribution in [0.5, 0.6) is 0 Å². The molecule has 0 saturated heterocycles. The lowest BCUT2D eigenvalue weighted by Gasteiger charge is -2.38. The second-order valence-electron chi connectivity index (χ2n) is 5.73. The maximum Gasteiger partial charge on any atom is 0.0246 e. The maximum atomic E-state index is 5.91. The van der Waals surface area contributed by atoms with E-state index < -0.39 is 0 Å². The first kappa shape index (κ1) is 11.4. The predicted octanol–water partition coefficient (Wildman–Crippen LogP) is 2.23. The van der Waals surface area contributed by atoms with Crippen molar-refractivity contribution in [1.29, 1.82) is 0 Å². The van der Waals surface area contributed by atoms with Gasteiger partial charge in [0.2, 0.25) is 0 Å². The van der Waals surface area contributed by atoms with Crippen molar-refractivity contribution in [3.63, 3.8) is 0 Å². The summed E-state index contributed by atoms with van der Waals surface area (Å²) in [5.41, 5.74) is 5.91. The van der Waals surface area contributed by atoms with E-state index in [1.54, 1.807) is 0 Å². The van der Waals surface area contributed by atoms with Gasteiger partial charge < -0.3 is 5.73 Å². The molecule has 0 aromatic rings. The van der Waals surface area contributed by atoms with Crippen molar-refractivity contribution >= 4 is 0 Å². The van der Waals surface area contributed by atoms with E-state index >= 15 is 0 Å². The molecule has 2 rings (SSSR count). The molecule has 0 bridgehead atoms. The molecule has 2 nitrogen and oxygen atoms in total. The number of hydrogen-bond acceptors (Lipinski definition) is 2. The molecule has 88 valence electrons. The lowest BCUT2D eigenvalue weighted by Crippen LogP contribution is -2.47. The van der Waals surface area contributed by atoms with Crippen LogP contribution in [0.1, 0.15) is 45.4 Å². The third-order valence-corrected chi connectivity index (χ3v) is 4.42. The first-order valence-electron chi connectivity index (χ1n) is 6.64. The van der Waals surface area contributed by atoms with Gasteiger partial charge in [-0.25, -0.2) is 0 Å². The van der Waals surface area contributed by atoms with E-state index in [0.29, 0.717) is 6.04 Å². The summed E-state index contributed by atoms with van der Waals surface area (Å²) >= 11 is 0. The average Bonchev–Trinajstić information content (AvgIpc) is 3.03. The highest BCUT2D eigenvalue weighted by Gasteiger charge is 2.36. The molecule has 0 aliphatic heterocycles. The monoisotopic (exact) mass is 210 g/mol. The molecule has 0 amide bonds. The van der Waals surface area contributed by atoms with Gasteiger partial charge in [0.15, 0.2) is 0 Å². The van der Waals surface area contributed by atoms with Crippen LogP contribution < -0.4 is 5.73 Å². The van der Waals surface area contributed by atoms with Gasteiger partial charge >= 0.3 is 0 Å². The highest BCUT2D eigenvalue weighted by molar-refractivity contribution is 4.91. The van der Waals surface area contributed by atoms with E-state index in [-0.39, 0.29) is 0 Å². The zero-order valence-electron chi connectivity index (χ0n) is 10.3. The van der Waals surface area contributed by atoms with Crippen molar-refractivity contribution < 1.29 is 0 Å². The minimum Gasteiger partial charge on any atom is -0.329 e. The topological polar surface area (TPSA) is 29.3 Å². The van der Waals surface area contributed by atoms with Crippen LogP contribution in [0.3, 0.4) is 0 Å². The van der Waals surface area contributed by atoms with Gasteiger partial charge in [-0.3, -0.25) is 4.90 Å². The summed E-state index contributed by atoms with van der Waals surface area (Å²) in [7, 11) is 2.30. The maximum absolute atomic E-state index is 5.91. The number of nitrogens with zero attached hydrogens (tertiary/aromatic N) is 1. The van der Waals surface area contributed by atoms with Crippen LogP contribution in [-0.2, 0) is 0 Å². The van der Waals surface area contributed by atoms with Crippen LogP contribution >= 0.6 is 0 Å². The molecule has 0 aromatic carbocycles. The Labute approximate surface area is 94.2 Å². The van der Waals surface area contributed by atoms with Crippen LogP contribution in [0.2, 0.25) is 0 Å². The molecule has 3 atom stereocenters. The highest BCUT2D eigenvalue weighted by atomic mass is 15.2. The number of hydrogen-bond donors (Lipinski definition) is 1. The van der Waals surface area contributed by atoms with Gasteiger partial charge in [0.25, 0.3) is 0 Å². The summed E-state index contributed by atoms with van der Waals surface area (Å²) in [4.78, 5) is 2.60. The largest absolute Gasteiger partial charge is 0.329 e. The lowest BCUT2D eigenvalue weighted by atomic mass is 9.85. The van der Waals surface area contributed by atoms with Crippen molar-refractivity contribution in [2.75, 3.05) is 13.6 Å². The molecule has 2 aliphatic carbocycles. The smallest absolute Gasteiger partial charge is 0.0246 e. The van der Waals surface area contributed by atoms with Gasteiger partial charge in [0.1, 0.15) is 0 Å². The molecule has 0 spiro atoms. The van der Waals surface area contributed by atoms with Gasteiger partial charge in [-0.05, 0) is 44.6 Å². The minimum absolute atomic E-state index is 0.667. The molecule has 2 fully saturated rings. The molecule has 3 unspecified atom stereocenters. The molecule has 2 aliphatic rings. The number of likely N-dealkylation sites (N-methyl/N-ethyl adjacent to an activating group) is 1. The molecular formula is C13H26N2. The second kappa shape index (κ2) is 4.84. The Hall–Kier alpha value is -0.0800. The SMILES string of the molecule is CC1CCCC(N(C)C(CN)C2CC2)C1.